The highest BCUT2D eigenvalue weighted by Crippen LogP contribution is 2.31. The van der Waals surface area contributed by atoms with Gasteiger partial charge in [-0.2, -0.15) is 4.31 Å². The number of hydrogen-bond donors (Lipinski definition) is 1. The van der Waals surface area contributed by atoms with Crippen molar-refractivity contribution < 1.29 is 12.8 Å². The van der Waals surface area contributed by atoms with Gasteiger partial charge in [0.05, 0.1) is 18.6 Å². The van der Waals surface area contributed by atoms with Crippen LogP contribution in [-0.2, 0) is 16.6 Å². The summed E-state index contributed by atoms with van der Waals surface area (Å²) in [4.78, 5) is 0. The molecule has 5 nitrogen and oxygen atoms in total. The second-order valence-corrected chi connectivity index (χ2v) is 6.36. The lowest BCUT2D eigenvalue weighted by Gasteiger charge is -2.20. The monoisotopic (exact) mass is 258 g/mol. The van der Waals surface area contributed by atoms with E-state index in [9.17, 15) is 8.42 Å². The molecule has 17 heavy (non-hydrogen) atoms. The lowest BCUT2D eigenvalue weighted by molar-refractivity contribution is 0.356. The van der Waals surface area contributed by atoms with E-state index in [-0.39, 0.29) is 11.8 Å². The molecule has 0 atom stereocenters. The van der Waals surface area contributed by atoms with Gasteiger partial charge in [0.15, 0.2) is 0 Å². The molecule has 1 fully saturated rings. The summed E-state index contributed by atoms with van der Waals surface area (Å²) in [5.74, 6) is 0.814. The number of rotatable bonds is 7. The molecule has 1 aliphatic rings. The molecule has 0 aromatic carbocycles. The summed E-state index contributed by atoms with van der Waals surface area (Å²) in [6, 6.07) is 3.73. The zero-order chi connectivity index (χ0) is 12.3. The highest BCUT2D eigenvalue weighted by Gasteiger charge is 2.37. The molecule has 1 aromatic heterocycles. The van der Waals surface area contributed by atoms with Crippen LogP contribution >= 0.6 is 0 Å². The largest absolute Gasteiger partial charge is 0.468 e. The van der Waals surface area contributed by atoms with Gasteiger partial charge in [0.1, 0.15) is 5.76 Å². The van der Waals surface area contributed by atoms with Crippen LogP contribution in [0.3, 0.4) is 0 Å². The molecule has 0 unspecified atom stereocenters. The van der Waals surface area contributed by atoms with Gasteiger partial charge < -0.3 is 10.2 Å². The molecular formula is C11H18N2O3S. The number of sulfonamides is 1. The Kier molecular flexibility index (Phi) is 3.86. The second-order valence-electron chi connectivity index (χ2n) is 4.31. The van der Waals surface area contributed by atoms with Crippen LogP contribution in [0, 0.1) is 0 Å². The minimum Gasteiger partial charge on any atom is -0.468 e. The van der Waals surface area contributed by atoms with Crippen molar-refractivity contribution in [1.82, 2.24) is 4.31 Å². The molecule has 0 amide bonds. The van der Waals surface area contributed by atoms with Crippen LogP contribution in [0.1, 0.15) is 25.0 Å². The maximum Gasteiger partial charge on any atom is 0.214 e. The fraction of sp³-hybridized carbons (Fsp3) is 0.636. The van der Waals surface area contributed by atoms with Crippen molar-refractivity contribution in [3.63, 3.8) is 0 Å². The molecule has 0 radical (unpaired) electrons. The molecule has 1 saturated carbocycles. The summed E-state index contributed by atoms with van der Waals surface area (Å²) in [6.45, 7) is 0.739. The first-order valence-corrected chi connectivity index (χ1v) is 7.46. The lowest BCUT2D eigenvalue weighted by atomic mass is 10.4. The smallest absolute Gasteiger partial charge is 0.214 e. The van der Waals surface area contributed by atoms with E-state index in [1.54, 1.807) is 22.7 Å². The highest BCUT2D eigenvalue weighted by molar-refractivity contribution is 7.89. The Bertz CT molecular complexity index is 437. The van der Waals surface area contributed by atoms with Gasteiger partial charge in [0.2, 0.25) is 10.0 Å². The van der Waals surface area contributed by atoms with E-state index in [4.69, 9.17) is 10.2 Å². The van der Waals surface area contributed by atoms with Gasteiger partial charge in [-0.25, -0.2) is 8.42 Å². The number of hydrogen-bond acceptors (Lipinski definition) is 4. The second kappa shape index (κ2) is 5.20. The SMILES string of the molecule is NCCCS(=O)(=O)N(Cc1ccco1)C1CC1. The van der Waals surface area contributed by atoms with Crippen molar-refractivity contribution in [2.24, 2.45) is 5.73 Å². The molecule has 2 N–H and O–H groups in total. The van der Waals surface area contributed by atoms with Crippen molar-refractivity contribution in [3.8, 4) is 0 Å². The normalized spacial score (nSPS) is 16.6. The summed E-state index contributed by atoms with van der Waals surface area (Å²) >= 11 is 0. The molecule has 0 aliphatic heterocycles. The Morgan fingerprint density at radius 1 is 1.47 bits per heavy atom. The van der Waals surface area contributed by atoms with Crippen LogP contribution in [0.25, 0.3) is 0 Å². The molecule has 96 valence electrons. The van der Waals surface area contributed by atoms with Gasteiger partial charge in [-0.05, 0) is 37.9 Å². The summed E-state index contributed by atoms with van der Waals surface area (Å²) in [5.41, 5.74) is 5.36. The molecule has 1 aliphatic carbocycles. The third kappa shape index (κ3) is 3.31. The predicted molar refractivity (Wildman–Crippen MR) is 64.7 cm³/mol. The van der Waals surface area contributed by atoms with Gasteiger partial charge >= 0.3 is 0 Å². The number of nitrogens with two attached hydrogens (primary N) is 1. The molecule has 2 rings (SSSR count). The Balaban J connectivity index is 2.06. The first-order chi connectivity index (χ1) is 8.13. The Hall–Kier alpha value is -0.850. The van der Waals surface area contributed by atoms with Crippen molar-refractivity contribution >= 4 is 10.0 Å². The first kappa shape index (κ1) is 12.6. The molecular weight excluding hydrogens is 240 g/mol. The van der Waals surface area contributed by atoms with E-state index in [0.29, 0.717) is 25.3 Å². The van der Waals surface area contributed by atoms with Crippen LogP contribution < -0.4 is 5.73 Å². The van der Waals surface area contributed by atoms with Crippen molar-refractivity contribution in [2.75, 3.05) is 12.3 Å². The van der Waals surface area contributed by atoms with E-state index in [1.807, 2.05) is 0 Å². The van der Waals surface area contributed by atoms with Crippen LogP contribution in [0.5, 0.6) is 0 Å². The number of nitrogens with zero attached hydrogens (tertiary/aromatic N) is 1. The third-order valence-electron chi connectivity index (χ3n) is 2.81. The Labute approximate surface area is 102 Å². The van der Waals surface area contributed by atoms with Crippen molar-refractivity contribution in [3.05, 3.63) is 24.2 Å². The average Bonchev–Trinajstić information content (AvgIpc) is 3.00. The molecule has 0 spiro atoms. The van der Waals surface area contributed by atoms with Gasteiger partial charge in [-0.15, -0.1) is 0 Å². The lowest BCUT2D eigenvalue weighted by Crippen LogP contribution is -2.34. The Morgan fingerprint density at radius 3 is 2.76 bits per heavy atom. The first-order valence-electron chi connectivity index (χ1n) is 5.85. The van der Waals surface area contributed by atoms with Gasteiger partial charge in [-0.3, -0.25) is 0 Å². The van der Waals surface area contributed by atoms with Gasteiger partial charge in [-0.1, -0.05) is 0 Å². The third-order valence-corrected chi connectivity index (χ3v) is 4.76. The summed E-state index contributed by atoms with van der Waals surface area (Å²) in [7, 11) is -3.20. The summed E-state index contributed by atoms with van der Waals surface area (Å²) in [5, 5.41) is 0. The molecule has 0 saturated heterocycles. The van der Waals surface area contributed by atoms with Crippen LogP contribution in [0.4, 0.5) is 0 Å². The Morgan fingerprint density at radius 2 is 2.24 bits per heavy atom. The van der Waals surface area contributed by atoms with Crippen molar-refractivity contribution in [1.29, 1.82) is 0 Å². The standard InChI is InChI=1S/C11H18N2O3S/c12-6-2-8-17(14,15)13(10-4-5-10)9-11-3-1-7-16-11/h1,3,7,10H,2,4-6,8-9,12H2. The van der Waals surface area contributed by atoms with Crippen LogP contribution in [0.2, 0.25) is 0 Å². The summed E-state index contributed by atoms with van der Waals surface area (Å²) < 4.78 is 31.0. The van der Waals surface area contributed by atoms with E-state index in [2.05, 4.69) is 0 Å². The van der Waals surface area contributed by atoms with E-state index < -0.39 is 10.0 Å². The van der Waals surface area contributed by atoms with Crippen LogP contribution in [-0.4, -0.2) is 31.1 Å². The van der Waals surface area contributed by atoms with E-state index in [1.165, 1.54) is 0 Å². The van der Waals surface area contributed by atoms with Gasteiger partial charge in [0.25, 0.3) is 0 Å². The molecule has 6 heteroatoms. The molecule has 1 heterocycles. The maximum atomic E-state index is 12.1. The predicted octanol–water partition coefficient (Wildman–Crippen LogP) is 0.923. The fourth-order valence-electron chi connectivity index (χ4n) is 1.76. The van der Waals surface area contributed by atoms with Crippen LogP contribution in [0.15, 0.2) is 22.8 Å². The van der Waals surface area contributed by atoms with Crippen molar-refractivity contribution in [2.45, 2.75) is 31.8 Å². The molecule has 0 bridgehead atoms. The average molecular weight is 258 g/mol. The highest BCUT2D eigenvalue weighted by atomic mass is 32.2. The zero-order valence-electron chi connectivity index (χ0n) is 9.71. The number of furan rings is 1. The summed E-state index contributed by atoms with van der Waals surface area (Å²) in [6.07, 6.45) is 3.96. The van der Waals surface area contributed by atoms with E-state index >= 15 is 0 Å². The quantitative estimate of drug-likeness (QED) is 0.789. The maximum absolute atomic E-state index is 12.1. The van der Waals surface area contributed by atoms with E-state index in [0.717, 1.165) is 12.8 Å². The topological polar surface area (TPSA) is 76.5 Å². The molecule has 1 aromatic rings. The fourth-order valence-corrected chi connectivity index (χ4v) is 3.51. The minimum absolute atomic E-state index is 0.126. The van der Waals surface area contributed by atoms with Gasteiger partial charge in [0, 0.05) is 6.04 Å². The zero-order valence-corrected chi connectivity index (χ0v) is 10.5. The minimum atomic E-state index is -3.20.